The van der Waals surface area contributed by atoms with Crippen molar-refractivity contribution >= 4 is 12.2 Å². The molecule has 2 rings (SSSR count). The van der Waals surface area contributed by atoms with Gasteiger partial charge in [0.15, 0.2) is 0 Å². The largest absolute Gasteiger partial charge is 0.452 e. The lowest BCUT2D eigenvalue weighted by molar-refractivity contribution is 0.126. The summed E-state index contributed by atoms with van der Waals surface area (Å²) in [6, 6.07) is 0. The predicted octanol–water partition coefficient (Wildman–Crippen LogP) is 2.94. The van der Waals surface area contributed by atoms with Gasteiger partial charge in [-0.2, -0.15) is 0 Å². The minimum Gasteiger partial charge on any atom is -0.447 e. The Labute approximate surface area is 105 Å². The van der Waals surface area contributed by atoms with E-state index < -0.39 is 12.2 Å². The van der Waals surface area contributed by atoms with Crippen LogP contribution in [0.5, 0.6) is 0 Å². The summed E-state index contributed by atoms with van der Waals surface area (Å²) in [7, 11) is 0. The zero-order valence-corrected chi connectivity index (χ0v) is 10.2. The molecule has 0 aromatic heterocycles. The van der Waals surface area contributed by atoms with E-state index in [1.54, 1.807) is 6.92 Å². The van der Waals surface area contributed by atoms with Crippen LogP contribution in [0.4, 0.5) is 9.59 Å². The Balaban J connectivity index is 1.69. The molecule has 0 aliphatic heterocycles. The van der Waals surface area contributed by atoms with E-state index in [4.69, 9.17) is 4.74 Å². The monoisotopic (exact) mass is 252 g/mol. The normalized spacial score (nSPS) is 28.8. The van der Waals surface area contributed by atoms with Crippen molar-refractivity contribution in [2.45, 2.75) is 19.8 Å². The number of carbonyl (C=O) groups is 2. The molecule has 18 heavy (non-hydrogen) atoms. The molecule has 0 heterocycles. The molecule has 0 aromatic rings. The summed E-state index contributed by atoms with van der Waals surface area (Å²) >= 11 is 0. The second-order valence-corrected chi connectivity index (χ2v) is 4.52. The first kappa shape index (κ1) is 12.7. The molecule has 6 nitrogen and oxygen atoms in total. The molecule has 2 amide bonds. The van der Waals surface area contributed by atoms with Crippen molar-refractivity contribution in [3.05, 3.63) is 12.2 Å². The lowest BCUT2D eigenvalue weighted by atomic mass is 9.95. The van der Waals surface area contributed by atoms with Crippen LogP contribution in [0.3, 0.4) is 0 Å². The van der Waals surface area contributed by atoms with E-state index in [-0.39, 0.29) is 6.61 Å². The quantitative estimate of drug-likeness (QED) is 0.571. The predicted molar refractivity (Wildman–Crippen MR) is 62.1 cm³/mol. The Bertz CT molecular complexity index is 392. The fourth-order valence-corrected chi connectivity index (χ4v) is 2.53. The Kier molecular flexibility index (Phi) is 4.07. The summed E-state index contributed by atoms with van der Waals surface area (Å²) < 4.78 is 9.46. The lowest BCUT2D eigenvalue weighted by Crippen LogP contribution is -2.16. The number of amides is 2. The summed E-state index contributed by atoms with van der Waals surface area (Å²) in [5, 5.41) is 6.22. The van der Waals surface area contributed by atoms with Crippen LogP contribution in [-0.4, -0.2) is 25.4 Å². The number of hydrogen-bond acceptors (Lipinski definition) is 4. The van der Waals surface area contributed by atoms with Gasteiger partial charge >= 0.3 is 12.2 Å². The molecule has 98 valence electrons. The van der Waals surface area contributed by atoms with Gasteiger partial charge in [-0.1, -0.05) is 22.4 Å². The third kappa shape index (κ3) is 3.15. The molecule has 1 fully saturated rings. The van der Waals surface area contributed by atoms with Crippen molar-refractivity contribution in [2.24, 2.45) is 28.0 Å². The minimum absolute atomic E-state index is 0.199. The van der Waals surface area contributed by atoms with Gasteiger partial charge in [-0.25, -0.2) is 9.59 Å². The number of ether oxygens (including phenoxy) is 2. The number of fused-ring (bicyclic) bond motifs is 2. The summed E-state index contributed by atoms with van der Waals surface area (Å²) in [6.45, 7) is 2.19. The van der Waals surface area contributed by atoms with E-state index in [0.717, 1.165) is 12.8 Å². The Hall–Kier alpha value is -1.72. The Morgan fingerprint density at radius 1 is 1.17 bits per heavy atom. The zero-order valence-electron chi connectivity index (χ0n) is 10.2. The smallest absolute Gasteiger partial charge is 0.447 e. The topological polar surface area (TPSA) is 77.3 Å². The Morgan fingerprint density at radius 2 is 1.89 bits per heavy atom. The van der Waals surface area contributed by atoms with Crippen molar-refractivity contribution < 1.29 is 19.1 Å². The summed E-state index contributed by atoms with van der Waals surface area (Å²) in [4.78, 5) is 22.0. The molecule has 2 aliphatic carbocycles. The molecule has 2 unspecified atom stereocenters. The second-order valence-electron chi connectivity index (χ2n) is 4.52. The van der Waals surface area contributed by atoms with Crippen molar-refractivity contribution in [2.75, 3.05) is 13.2 Å². The molecule has 3 atom stereocenters. The number of azo groups is 1. The summed E-state index contributed by atoms with van der Waals surface area (Å²) in [6.07, 6.45) is 4.92. The van der Waals surface area contributed by atoms with Gasteiger partial charge in [-0.3, -0.25) is 0 Å². The van der Waals surface area contributed by atoms with Gasteiger partial charge in [0.25, 0.3) is 0 Å². The van der Waals surface area contributed by atoms with Crippen LogP contribution < -0.4 is 0 Å². The van der Waals surface area contributed by atoms with E-state index >= 15 is 0 Å². The van der Waals surface area contributed by atoms with E-state index in [2.05, 4.69) is 27.1 Å². The van der Waals surface area contributed by atoms with Crippen LogP contribution in [0.2, 0.25) is 0 Å². The summed E-state index contributed by atoms with van der Waals surface area (Å²) in [5.74, 6) is 1.53. The maximum atomic E-state index is 11.2. The zero-order chi connectivity index (χ0) is 13.0. The molecular weight excluding hydrogens is 236 g/mol. The molecule has 0 radical (unpaired) electrons. The third-order valence-corrected chi connectivity index (χ3v) is 3.32. The number of carbonyl (C=O) groups excluding carboxylic acids is 2. The molecule has 0 saturated heterocycles. The van der Waals surface area contributed by atoms with Crippen LogP contribution >= 0.6 is 0 Å². The van der Waals surface area contributed by atoms with Gasteiger partial charge in [0.2, 0.25) is 0 Å². The van der Waals surface area contributed by atoms with Gasteiger partial charge < -0.3 is 9.47 Å². The van der Waals surface area contributed by atoms with Crippen LogP contribution in [0.25, 0.3) is 0 Å². The fourth-order valence-electron chi connectivity index (χ4n) is 2.53. The number of nitrogens with zero attached hydrogens (tertiary/aromatic N) is 2. The first-order valence-corrected chi connectivity index (χ1v) is 6.12. The maximum absolute atomic E-state index is 11.2. The average Bonchev–Trinajstić information content (AvgIpc) is 2.96. The molecular formula is C12H16N2O4. The second kappa shape index (κ2) is 5.75. The molecule has 2 bridgehead atoms. The van der Waals surface area contributed by atoms with Crippen LogP contribution in [-0.2, 0) is 9.47 Å². The van der Waals surface area contributed by atoms with Crippen molar-refractivity contribution in [3.63, 3.8) is 0 Å². The standard InChI is InChI=1S/C12H16N2O4/c1-2-17-11(15)13-14-12(16)18-7-10-6-8-3-4-9(10)5-8/h3-4,8-10H,2,5-7H2,1H3/t8?,9-,10?/m0/s1. The Morgan fingerprint density at radius 3 is 2.44 bits per heavy atom. The van der Waals surface area contributed by atoms with Crippen molar-refractivity contribution in [1.29, 1.82) is 0 Å². The molecule has 0 spiro atoms. The maximum Gasteiger partial charge on any atom is 0.452 e. The first-order chi connectivity index (χ1) is 8.69. The van der Waals surface area contributed by atoms with Gasteiger partial charge in [0.1, 0.15) is 0 Å². The molecule has 1 saturated carbocycles. The van der Waals surface area contributed by atoms with Crippen LogP contribution in [0.15, 0.2) is 22.4 Å². The number of rotatable bonds is 3. The third-order valence-electron chi connectivity index (χ3n) is 3.32. The molecule has 0 N–H and O–H groups in total. The summed E-state index contributed by atoms with van der Waals surface area (Å²) in [5.41, 5.74) is 0. The molecule has 6 heteroatoms. The van der Waals surface area contributed by atoms with Crippen LogP contribution in [0, 0.1) is 17.8 Å². The highest BCUT2D eigenvalue weighted by atomic mass is 16.6. The highest BCUT2D eigenvalue weighted by Crippen LogP contribution is 2.43. The molecule has 2 aliphatic rings. The van der Waals surface area contributed by atoms with E-state index in [1.807, 2.05) is 0 Å². The van der Waals surface area contributed by atoms with E-state index in [1.165, 1.54) is 0 Å². The van der Waals surface area contributed by atoms with Gasteiger partial charge in [0, 0.05) is 5.92 Å². The first-order valence-electron chi connectivity index (χ1n) is 6.12. The number of allylic oxidation sites excluding steroid dienone is 2. The SMILES string of the molecule is CCOC(=O)N=NC(=O)OCC1CC2C=C[C@H]1C2. The molecule has 0 aromatic carbocycles. The lowest BCUT2D eigenvalue weighted by Gasteiger charge is -2.16. The minimum atomic E-state index is -0.877. The van der Waals surface area contributed by atoms with Crippen LogP contribution in [0.1, 0.15) is 19.8 Å². The van der Waals surface area contributed by atoms with Crippen molar-refractivity contribution in [1.82, 2.24) is 0 Å². The van der Waals surface area contributed by atoms with E-state index in [9.17, 15) is 9.59 Å². The van der Waals surface area contributed by atoms with E-state index in [0.29, 0.717) is 24.4 Å². The fraction of sp³-hybridized carbons (Fsp3) is 0.667. The van der Waals surface area contributed by atoms with Gasteiger partial charge in [-0.15, -0.1) is 0 Å². The van der Waals surface area contributed by atoms with Gasteiger partial charge in [-0.05, 0) is 31.6 Å². The number of hydrogen-bond donors (Lipinski definition) is 0. The highest BCUT2D eigenvalue weighted by molar-refractivity contribution is 5.73. The highest BCUT2D eigenvalue weighted by Gasteiger charge is 2.36. The van der Waals surface area contributed by atoms with Crippen molar-refractivity contribution in [3.8, 4) is 0 Å². The van der Waals surface area contributed by atoms with Gasteiger partial charge in [0.05, 0.1) is 13.2 Å². The average molecular weight is 252 g/mol.